The molecule has 19 heavy (non-hydrogen) atoms. The van der Waals surface area contributed by atoms with Crippen molar-refractivity contribution in [2.45, 2.75) is 39.2 Å². The number of hydrogen-bond donors (Lipinski definition) is 0. The van der Waals surface area contributed by atoms with Crippen molar-refractivity contribution in [3.8, 4) is 0 Å². The minimum Gasteiger partial charge on any atom is -0.302 e. The van der Waals surface area contributed by atoms with Crippen molar-refractivity contribution in [2.24, 2.45) is 0 Å². The molecule has 0 amide bonds. The van der Waals surface area contributed by atoms with Crippen LogP contribution in [0.25, 0.3) is 0 Å². The Labute approximate surface area is 118 Å². The van der Waals surface area contributed by atoms with Gasteiger partial charge in [-0.25, -0.2) is 0 Å². The summed E-state index contributed by atoms with van der Waals surface area (Å²) in [6, 6.07) is 10.8. The average molecular weight is 260 g/mol. The summed E-state index contributed by atoms with van der Waals surface area (Å²) >= 11 is 0. The van der Waals surface area contributed by atoms with E-state index in [4.69, 9.17) is 0 Å². The summed E-state index contributed by atoms with van der Waals surface area (Å²) in [7, 11) is 0. The van der Waals surface area contributed by atoms with Crippen LogP contribution in [0.4, 0.5) is 0 Å². The van der Waals surface area contributed by atoms with Crippen LogP contribution in [-0.4, -0.2) is 42.5 Å². The lowest BCUT2D eigenvalue weighted by Gasteiger charge is -2.26. The van der Waals surface area contributed by atoms with Crippen molar-refractivity contribution >= 4 is 0 Å². The van der Waals surface area contributed by atoms with Crippen LogP contribution in [-0.2, 0) is 6.54 Å². The molecule has 0 saturated carbocycles. The largest absolute Gasteiger partial charge is 0.302 e. The third-order valence-corrected chi connectivity index (χ3v) is 4.13. The fourth-order valence-electron chi connectivity index (χ4n) is 2.83. The first-order valence-corrected chi connectivity index (χ1v) is 7.87. The number of likely N-dealkylation sites (N-methyl/N-ethyl adjacent to an activating group) is 1. The minimum absolute atomic E-state index is 1.09. The molecule has 1 aliphatic rings. The standard InChI is InChI=1S/C17H28N2/c1-2-18(16-17-10-6-5-7-11-17)14-15-19-12-8-3-4-9-13-19/h5-7,10-11H,2-4,8-9,12-16H2,1H3. The van der Waals surface area contributed by atoms with Crippen LogP contribution in [0.1, 0.15) is 38.2 Å². The molecule has 2 heteroatoms. The zero-order valence-corrected chi connectivity index (χ0v) is 12.4. The van der Waals surface area contributed by atoms with E-state index in [0.29, 0.717) is 0 Å². The SMILES string of the molecule is CCN(CCN1CCCCCC1)Cc1ccccc1. The second-order valence-electron chi connectivity index (χ2n) is 5.61. The van der Waals surface area contributed by atoms with Crippen LogP contribution < -0.4 is 0 Å². The highest BCUT2D eigenvalue weighted by atomic mass is 15.2. The number of benzene rings is 1. The van der Waals surface area contributed by atoms with E-state index in [2.05, 4.69) is 47.1 Å². The summed E-state index contributed by atoms with van der Waals surface area (Å²) < 4.78 is 0. The second-order valence-corrected chi connectivity index (χ2v) is 5.61. The molecule has 1 aliphatic heterocycles. The molecule has 106 valence electrons. The maximum absolute atomic E-state index is 2.65. The number of hydrogen-bond acceptors (Lipinski definition) is 2. The summed E-state index contributed by atoms with van der Waals surface area (Å²) in [6.45, 7) is 9.55. The summed E-state index contributed by atoms with van der Waals surface area (Å²) in [6.07, 6.45) is 5.64. The Kier molecular flexibility index (Phi) is 6.38. The molecule has 0 radical (unpaired) electrons. The third-order valence-electron chi connectivity index (χ3n) is 4.13. The van der Waals surface area contributed by atoms with Gasteiger partial charge in [0.15, 0.2) is 0 Å². The Hall–Kier alpha value is -0.860. The molecule has 0 N–H and O–H groups in total. The lowest BCUT2D eigenvalue weighted by Crippen LogP contribution is -2.35. The molecule has 0 atom stereocenters. The molecular formula is C17H28N2. The monoisotopic (exact) mass is 260 g/mol. The molecule has 0 spiro atoms. The minimum atomic E-state index is 1.09. The zero-order chi connectivity index (χ0) is 13.3. The van der Waals surface area contributed by atoms with E-state index >= 15 is 0 Å². The molecule has 1 saturated heterocycles. The lowest BCUT2D eigenvalue weighted by molar-refractivity contribution is 0.208. The van der Waals surface area contributed by atoms with Crippen LogP contribution >= 0.6 is 0 Å². The smallest absolute Gasteiger partial charge is 0.0234 e. The van der Waals surface area contributed by atoms with Gasteiger partial charge in [-0.2, -0.15) is 0 Å². The molecule has 1 heterocycles. The predicted molar refractivity (Wildman–Crippen MR) is 82.3 cm³/mol. The van der Waals surface area contributed by atoms with Gasteiger partial charge in [0.05, 0.1) is 0 Å². The number of nitrogens with zero attached hydrogens (tertiary/aromatic N) is 2. The molecule has 0 aromatic heterocycles. The zero-order valence-electron chi connectivity index (χ0n) is 12.4. The average Bonchev–Trinajstić information content (AvgIpc) is 2.73. The third kappa shape index (κ3) is 5.33. The molecule has 2 nitrogen and oxygen atoms in total. The first-order chi connectivity index (χ1) is 9.38. The highest BCUT2D eigenvalue weighted by Gasteiger charge is 2.10. The van der Waals surface area contributed by atoms with Gasteiger partial charge >= 0.3 is 0 Å². The van der Waals surface area contributed by atoms with E-state index < -0.39 is 0 Å². The van der Waals surface area contributed by atoms with Crippen LogP contribution in [0.5, 0.6) is 0 Å². The first kappa shape index (κ1) is 14.5. The van der Waals surface area contributed by atoms with Crippen LogP contribution in [0.2, 0.25) is 0 Å². The summed E-state index contributed by atoms with van der Waals surface area (Å²) in [5.74, 6) is 0. The summed E-state index contributed by atoms with van der Waals surface area (Å²) in [5.41, 5.74) is 1.43. The highest BCUT2D eigenvalue weighted by molar-refractivity contribution is 5.14. The van der Waals surface area contributed by atoms with Gasteiger partial charge in [-0.05, 0) is 38.0 Å². The van der Waals surface area contributed by atoms with Crippen molar-refractivity contribution < 1.29 is 0 Å². The fourth-order valence-corrected chi connectivity index (χ4v) is 2.83. The maximum Gasteiger partial charge on any atom is 0.0234 e. The van der Waals surface area contributed by atoms with Crippen LogP contribution in [0.15, 0.2) is 30.3 Å². The van der Waals surface area contributed by atoms with Crippen molar-refractivity contribution in [1.29, 1.82) is 0 Å². The number of likely N-dealkylation sites (tertiary alicyclic amines) is 1. The van der Waals surface area contributed by atoms with E-state index in [-0.39, 0.29) is 0 Å². The van der Waals surface area contributed by atoms with Crippen LogP contribution in [0.3, 0.4) is 0 Å². The fraction of sp³-hybridized carbons (Fsp3) is 0.647. The van der Waals surface area contributed by atoms with Gasteiger partial charge in [-0.3, -0.25) is 4.90 Å². The Morgan fingerprint density at radius 3 is 2.32 bits per heavy atom. The number of rotatable bonds is 6. The Balaban J connectivity index is 1.75. The van der Waals surface area contributed by atoms with Crippen molar-refractivity contribution in [2.75, 3.05) is 32.7 Å². The van der Waals surface area contributed by atoms with E-state index in [1.54, 1.807) is 0 Å². The quantitative estimate of drug-likeness (QED) is 0.773. The molecule has 1 aromatic rings. The highest BCUT2D eigenvalue weighted by Crippen LogP contribution is 2.10. The maximum atomic E-state index is 2.65. The normalized spacial score (nSPS) is 17.6. The van der Waals surface area contributed by atoms with E-state index in [0.717, 1.165) is 13.1 Å². The van der Waals surface area contributed by atoms with E-state index in [1.807, 2.05) is 0 Å². The Morgan fingerprint density at radius 2 is 1.68 bits per heavy atom. The Bertz CT molecular complexity index is 328. The van der Waals surface area contributed by atoms with Crippen LogP contribution in [0, 0.1) is 0 Å². The molecule has 0 unspecified atom stereocenters. The summed E-state index contributed by atoms with van der Waals surface area (Å²) in [5, 5.41) is 0. The van der Waals surface area contributed by atoms with Gasteiger partial charge in [-0.15, -0.1) is 0 Å². The van der Waals surface area contributed by atoms with Crippen molar-refractivity contribution in [1.82, 2.24) is 9.80 Å². The molecule has 0 aliphatic carbocycles. The van der Waals surface area contributed by atoms with E-state index in [1.165, 1.54) is 57.4 Å². The molecule has 2 rings (SSSR count). The Morgan fingerprint density at radius 1 is 1.00 bits per heavy atom. The predicted octanol–water partition coefficient (Wildman–Crippen LogP) is 3.38. The first-order valence-electron chi connectivity index (χ1n) is 7.87. The van der Waals surface area contributed by atoms with Gasteiger partial charge in [0.2, 0.25) is 0 Å². The van der Waals surface area contributed by atoms with Crippen molar-refractivity contribution in [3.05, 3.63) is 35.9 Å². The van der Waals surface area contributed by atoms with Gasteiger partial charge < -0.3 is 4.90 Å². The summed E-state index contributed by atoms with van der Waals surface area (Å²) in [4.78, 5) is 5.21. The molecule has 1 aromatic carbocycles. The van der Waals surface area contributed by atoms with E-state index in [9.17, 15) is 0 Å². The van der Waals surface area contributed by atoms with Gasteiger partial charge in [0, 0.05) is 19.6 Å². The van der Waals surface area contributed by atoms with Gasteiger partial charge in [0.1, 0.15) is 0 Å². The molecule has 1 fully saturated rings. The van der Waals surface area contributed by atoms with Crippen molar-refractivity contribution in [3.63, 3.8) is 0 Å². The lowest BCUT2D eigenvalue weighted by atomic mass is 10.2. The second kappa shape index (κ2) is 8.34. The molecule has 0 bridgehead atoms. The van der Waals surface area contributed by atoms with Gasteiger partial charge in [-0.1, -0.05) is 50.1 Å². The molecular weight excluding hydrogens is 232 g/mol. The van der Waals surface area contributed by atoms with Gasteiger partial charge in [0.25, 0.3) is 0 Å². The topological polar surface area (TPSA) is 6.48 Å².